The van der Waals surface area contributed by atoms with Crippen LogP contribution in [0.3, 0.4) is 0 Å². The first-order valence-corrected chi connectivity index (χ1v) is 13.3. The average molecular weight is 537 g/mol. The predicted octanol–water partition coefficient (Wildman–Crippen LogP) is 4.41. The number of nitrogens with zero attached hydrogens (tertiary/aromatic N) is 3. The van der Waals surface area contributed by atoms with E-state index in [9.17, 15) is 17.6 Å². The standard InChI is InChI=1S/C27H22F2N4O4S/c1-37-25-13-18(7-6-17-4-2-3-5-17)22(29)14-24(25)33-23-10-9-21(12-19(23)8-11-26(33)34)38(35,36)32-27-30-15-20(28)16-31-27/h8-17H,2-5H2,1H3,(H,30,31,32). The molecule has 11 heteroatoms. The second-order valence-corrected chi connectivity index (χ2v) is 10.5. The van der Waals surface area contributed by atoms with Crippen LogP contribution >= 0.6 is 0 Å². The number of ether oxygens (including phenoxy) is 1. The van der Waals surface area contributed by atoms with Crippen molar-refractivity contribution in [2.75, 3.05) is 11.8 Å². The molecule has 1 saturated carbocycles. The van der Waals surface area contributed by atoms with Crippen molar-refractivity contribution in [1.82, 2.24) is 14.5 Å². The van der Waals surface area contributed by atoms with Crippen molar-refractivity contribution in [2.24, 2.45) is 5.92 Å². The SMILES string of the molecule is COc1cc(C#CC2CCCC2)c(F)cc1-n1c(=O)ccc2cc(S(=O)(=O)Nc3ncc(F)cn3)ccc21. The number of halogens is 2. The van der Waals surface area contributed by atoms with Crippen LogP contribution in [0.25, 0.3) is 16.6 Å². The molecule has 0 radical (unpaired) electrons. The summed E-state index contributed by atoms with van der Waals surface area (Å²) in [6.07, 6.45) is 5.91. The topological polar surface area (TPSA) is 103 Å². The van der Waals surface area contributed by atoms with E-state index in [2.05, 4.69) is 26.5 Å². The maximum absolute atomic E-state index is 15.1. The first kappa shape index (κ1) is 25.4. The van der Waals surface area contributed by atoms with Gasteiger partial charge in [0.25, 0.3) is 15.6 Å². The van der Waals surface area contributed by atoms with Gasteiger partial charge in [0.05, 0.1) is 41.2 Å². The summed E-state index contributed by atoms with van der Waals surface area (Å²) in [7, 11) is -2.72. The fourth-order valence-electron chi connectivity index (χ4n) is 4.41. The Balaban J connectivity index is 1.56. The fourth-order valence-corrected chi connectivity index (χ4v) is 5.40. The van der Waals surface area contributed by atoms with Crippen LogP contribution in [-0.4, -0.2) is 30.1 Å². The average Bonchev–Trinajstić information content (AvgIpc) is 3.42. The second-order valence-electron chi connectivity index (χ2n) is 8.81. The van der Waals surface area contributed by atoms with E-state index in [0.717, 1.165) is 38.1 Å². The molecule has 1 aliphatic carbocycles. The molecule has 2 aromatic heterocycles. The van der Waals surface area contributed by atoms with E-state index in [4.69, 9.17) is 4.74 Å². The van der Waals surface area contributed by atoms with Crippen molar-refractivity contribution in [3.63, 3.8) is 0 Å². The minimum atomic E-state index is -4.13. The zero-order chi connectivity index (χ0) is 26.9. The summed E-state index contributed by atoms with van der Waals surface area (Å²) < 4.78 is 62.8. The van der Waals surface area contributed by atoms with E-state index >= 15 is 4.39 Å². The van der Waals surface area contributed by atoms with Crippen molar-refractivity contribution < 1.29 is 21.9 Å². The summed E-state index contributed by atoms with van der Waals surface area (Å²) in [6.45, 7) is 0. The maximum Gasteiger partial charge on any atom is 0.264 e. The lowest BCUT2D eigenvalue weighted by atomic mass is 10.1. The highest BCUT2D eigenvalue weighted by Crippen LogP contribution is 2.30. The van der Waals surface area contributed by atoms with E-state index in [0.29, 0.717) is 10.9 Å². The largest absolute Gasteiger partial charge is 0.495 e. The molecule has 0 spiro atoms. The number of hydrogen-bond donors (Lipinski definition) is 1. The van der Waals surface area contributed by atoms with Gasteiger partial charge in [-0.2, -0.15) is 0 Å². The van der Waals surface area contributed by atoms with Crippen LogP contribution in [0.5, 0.6) is 5.75 Å². The lowest BCUT2D eigenvalue weighted by Crippen LogP contribution is -2.19. The van der Waals surface area contributed by atoms with Crippen molar-refractivity contribution >= 4 is 26.9 Å². The predicted molar refractivity (Wildman–Crippen MR) is 138 cm³/mol. The molecule has 0 amide bonds. The Labute approximate surface area is 217 Å². The molecule has 0 unspecified atom stereocenters. The zero-order valence-corrected chi connectivity index (χ0v) is 21.1. The van der Waals surface area contributed by atoms with Crippen molar-refractivity contribution in [3.05, 3.63) is 82.4 Å². The molecule has 8 nitrogen and oxygen atoms in total. The summed E-state index contributed by atoms with van der Waals surface area (Å²) >= 11 is 0. The van der Waals surface area contributed by atoms with Crippen LogP contribution < -0.4 is 15.0 Å². The molecule has 1 N–H and O–H groups in total. The zero-order valence-electron chi connectivity index (χ0n) is 20.2. The van der Waals surface area contributed by atoms with Crippen LogP contribution in [0.4, 0.5) is 14.7 Å². The molecular weight excluding hydrogens is 514 g/mol. The van der Waals surface area contributed by atoms with Crippen LogP contribution in [0.15, 0.2) is 64.5 Å². The third-order valence-electron chi connectivity index (χ3n) is 6.30. The highest BCUT2D eigenvalue weighted by atomic mass is 32.2. The van der Waals surface area contributed by atoms with E-state index in [1.54, 1.807) is 0 Å². The van der Waals surface area contributed by atoms with E-state index in [1.807, 2.05) is 0 Å². The number of sulfonamides is 1. The summed E-state index contributed by atoms with van der Waals surface area (Å²) in [6, 6.07) is 9.43. The van der Waals surface area contributed by atoms with Crippen molar-refractivity contribution in [1.29, 1.82) is 0 Å². The van der Waals surface area contributed by atoms with Crippen LogP contribution in [0, 0.1) is 29.4 Å². The van der Waals surface area contributed by atoms with Crippen LogP contribution in [0.1, 0.15) is 31.2 Å². The van der Waals surface area contributed by atoms with Gasteiger partial charge in [0, 0.05) is 29.5 Å². The number of methoxy groups -OCH3 is 1. The van der Waals surface area contributed by atoms with Gasteiger partial charge in [-0.05, 0) is 37.1 Å². The molecule has 0 aliphatic heterocycles. The Morgan fingerprint density at radius 1 is 1.05 bits per heavy atom. The van der Waals surface area contributed by atoms with Gasteiger partial charge in [0.15, 0.2) is 5.82 Å². The molecule has 1 fully saturated rings. The fraction of sp³-hybridized carbons (Fsp3) is 0.222. The van der Waals surface area contributed by atoms with Gasteiger partial charge in [0.2, 0.25) is 5.95 Å². The van der Waals surface area contributed by atoms with Gasteiger partial charge in [-0.1, -0.05) is 24.7 Å². The molecule has 2 heterocycles. The second kappa shape index (κ2) is 10.2. The smallest absolute Gasteiger partial charge is 0.264 e. The number of fused-ring (bicyclic) bond motifs is 1. The number of nitrogens with one attached hydrogen (secondary N) is 1. The highest BCUT2D eigenvalue weighted by molar-refractivity contribution is 7.92. The number of aromatic nitrogens is 3. The number of anilines is 1. The van der Waals surface area contributed by atoms with Gasteiger partial charge in [-0.25, -0.2) is 31.9 Å². The molecule has 5 rings (SSSR count). The van der Waals surface area contributed by atoms with Gasteiger partial charge >= 0.3 is 0 Å². The normalized spacial score (nSPS) is 13.8. The summed E-state index contributed by atoms with van der Waals surface area (Å²) in [4.78, 5) is 20.0. The Kier molecular flexibility index (Phi) is 6.82. The molecular formula is C27H22F2N4O4S. The first-order valence-electron chi connectivity index (χ1n) is 11.8. The van der Waals surface area contributed by atoms with Crippen LogP contribution in [-0.2, 0) is 10.0 Å². The number of benzene rings is 2. The highest BCUT2D eigenvalue weighted by Gasteiger charge is 2.19. The molecule has 0 bridgehead atoms. The van der Waals surface area contributed by atoms with Crippen molar-refractivity contribution in [2.45, 2.75) is 30.6 Å². The van der Waals surface area contributed by atoms with Crippen LogP contribution in [0.2, 0.25) is 0 Å². The third kappa shape index (κ3) is 5.08. The number of pyridine rings is 1. The van der Waals surface area contributed by atoms with Crippen molar-refractivity contribution in [3.8, 4) is 23.3 Å². The quantitative estimate of drug-likeness (QED) is 0.379. The van der Waals surface area contributed by atoms with Gasteiger partial charge in [-0.3, -0.25) is 9.36 Å². The lowest BCUT2D eigenvalue weighted by molar-refractivity contribution is 0.411. The number of hydrogen-bond acceptors (Lipinski definition) is 6. The summed E-state index contributed by atoms with van der Waals surface area (Å²) in [5.74, 6) is 4.91. The minimum Gasteiger partial charge on any atom is -0.495 e. The van der Waals surface area contributed by atoms with Gasteiger partial charge in [0.1, 0.15) is 11.6 Å². The Bertz CT molecular complexity index is 1750. The number of rotatable bonds is 5. The van der Waals surface area contributed by atoms with Gasteiger partial charge < -0.3 is 4.74 Å². The first-order chi connectivity index (χ1) is 18.2. The molecule has 4 aromatic rings. The Morgan fingerprint density at radius 2 is 1.79 bits per heavy atom. The minimum absolute atomic E-state index is 0.140. The van der Waals surface area contributed by atoms with E-state index in [-0.39, 0.29) is 33.8 Å². The maximum atomic E-state index is 15.1. The molecule has 0 saturated heterocycles. The Hall–Kier alpha value is -4.30. The Morgan fingerprint density at radius 3 is 2.50 bits per heavy atom. The van der Waals surface area contributed by atoms with E-state index in [1.165, 1.54) is 54.1 Å². The van der Waals surface area contributed by atoms with Gasteiger partial charge in [-0.15, -0.1) is 0 Å². The molecule has 1 aliphatic rings. The molecule has 194 valence electrons. The molecule has 2 aromatic carbocycles. The monoisotopic (exact) mass is 536 g/mol. The lowest BCUT2D eigenvalue weighted by Gasteiger charge is -2.15. The van der Waals surface area contributed by atoms with E-state index < -0.39 is 27.2 Å². The summed E-state index contributed by atoms with van der Waals surface area (Å²) in [5, 5.41) is 0.389. The third-order valence-corrected chi connectivity index (χ3v) is 7.62. The molecule has 0 atom stereocenters. The summed E-state index contributed by atoms with van der Waals surface area (Å²) in [5.41, 5.74) is 0.194. The molecule has 38 heavy (non-hydrogen) atoms.